The summed E-state index contributed by atoms with van der Waals surface area (Å²) in [4.78, 5) is 0. The third-order valence-corrected chi connectivity index (χ3v) is 16.9. The van der Waals surface area contributed by atoms with Crippen LogP contribution in [0.4, 0.5) is 0 Å². The van der Waals surface area contributed by atoms with Gasteiger partial charge in [-0.25, -0.2) is 0 Å². The van der Waals surface area contributed by atoms with Crippen LogP contribution in [-0.2, 0) is 11.1 Å². The maximum absolute atomic E-state index is 9.63. The van der Waals surface area contributed by atoms with Crippen molar-refractivity contribution in [1.29, 1.82) is 0 Å². The molecular formula is C63H55N3OSi+2. The highest BCUT2D eigenvalue weighted by atomic mass is 28.3. The average Bonchev–Trinajstić information content (AvgIpc) is 4.05. The van der Waals surface area contributed by atoms with Crippen molar-refractivity contribution in [2.24, 2.45) is 0 Å². The quantitative estimate of drug-likeness (QED) is 0.125. The van der Waals surface area contributed by atoms with E-state index in [1.807, 2.05) is 0 Å². The molecule has 5 heterocycles. The SMILES string of the molecule is [2H]C(C)(C)c1cc2[n+](cc1[Si](C)(C)C)C1(c3ccccc3-2)c2ccc3c(oc4cc(-c5ccccc5)ccc43)c2-c2n(-c3c(-c4ccccc4)cccc3C(C)(C)C)c3cc4ccccc4cc3[n+]21. The molecule has 0 fully saturated rings. The van der Waals surface area contributed by atoms with E-state index in [1.165, 1.54) is 55.0 Å². The van der Waals surface area contributed by atoms with E-state index in [0.717, 1.165) is 66.7 Å². The Morgan fingerprint density at radius 2 is 1.29 bits per heavy atom. The lowest BCUT2D eigenvalue weighted by Crippen LogP contribution is -2.72. The number of para-hydroxylation sites is 1. The van der Waals surface area contributed by atoms with E-state index in [1.54, 1.807) is 0 Å². The van der Waals surface area contributed by atoms with Gasteiger partial charge >= 0.3 is 11.5 Å². The lowest BCUT2D eigenvalue weighted by molar-refractivity contribution is -0.944. The van der Waals surface area contributed by atoms with Crippen molar-refractivity contribution in [2.45, 2.75) is 71.2 Å². The Balaban J connectivity index is 1.29. The zero-order valence-electron chi connectivity index (χ0n) is 41.1. The number of hydrogen-bond acceptors (Lipinski definition) is 1. The molecule has 13 rings (SSSR count). The van der Waals surface area contributed by atoms with Crippen LogP contribution in [0.15, 0.2) is 187 Å². The Bertz CT molecular complexity index is 3960. The highest BCUT2D eigenvalue weighted by Crippen LogP contribution is 2.54. The highest BCUT2D eigenvalue weighted by Gasteiger charge is 2.67. The van der Waals surface area contributed by atoms with E-state index in [-0.39, 0.29) is 5.41 Å². The molecule has 0 bridgehead atoms. The third-order valence-electron chi connectivity index (χ3n) is 14.9. The largest absolute Gasteiger partial charge is 0.455 e. The molecule has 2 aliphatic rings. The number of hydrogen-bond donors (Lipinski definition) is 0. The minimum Gasteiger partial charge on any atom is -0.455 e. The molecule has 330 valence electrons. The van der Waals surface area contributed by atoms with Gasteiger partial charge in [0.25, 0.3) is 0 Å². The van der Waals surface area contributed by atoms with Gasteiger partial charge in [-0.2, -0.15) is 4.57 Å². The summed E-state index contributed by atoms with van der Waals surface area (Å²) in [6.07, 6.45) is 2.47. The van der Waals surface area contributed by atoms with Crippen LogP contribution in [0.1, 0.15) is 64.1 Å². The van der Waals surface area contributed by atoms with Gasteiger partial charge in [0.2, 0.25) is 5.69 Å². The molecule has 5 heteroatoms. The second-order valence-corrected chi connectivity index (χ2v) is 26.4. The molecule has 1 unspecified atom stereocenters. The van der Waals surface area contributed by atoms with Crippen molar-refractivity contribution in [1.82, 2.24) is 4.57 Å². The number of fused-ring (bicyclic) bond motifs is 17. The molecule has 1 atom stereocenters. The molecule has 11 aromatic rings. The predicted molar refractivity (Wildman–Crippen MR) is 284 cm³/mol. The van der Waals surface area contributed by atoms with Crippen LogP contribution in [0.5, 0.6) is 0 Å². The molecule has 2 aliphatic heterocycles. The van der Waals surface area contributed by atoms with Crippen LogP contribution in [0.3, 0.4) is 0 Å². The first-order valence-corrected chi connectivity index (χ1v) is 27.6. The Hall–Kier alpha value is -7.34. The van der Waals surface area contributed by atoms with Gasteiger partial charge < -0.3 is 4.42 Å². The van der Waals surface area contributed by atoms with Gasteiger partial charge in [-0.1, -0.05) is 176 Å². The van der Waals surface area contributed by atoms with Gasteiger partial charge in [0, 0.05) is 34.5 Å². The topological polar surface area (TPSA) is 25.8 Å². The van der Waals surface area contributed by atoms with Crippen LogP contribution >= 0.6 is 0 Å². The molecule has 0 saturated carbocycles. The van der Waals surface area contributed by atoms with E-state index in [9.17, 15) is 1.37 Å². The van der Waals surface area contributed by atoms with Gasteiger partial charge in [0.15, 0.2) is 22.8 Å². The molecule has 0 N–H and O–H groups in total. The zero-order valence-corrected chi connectivity index (χ0v) is 41.1. The minimum absolute atomic E-state index is 0.226. The average molecular weight is 899 g/mol. The summed E-state index contributed by atoms with van der Waals surface area (Å²) in [5.41, 5.74) is 16.8. The van der Waals surface area contributed by atoms with Crippen molar-refractivity contribution in [3.8, 4) is 50.6 Å². The van der Waals surface area contributed by atoms with Crippen molar-refractivity contribution >= 4 is 57.0 Å². The smallest absolute Gasteiger partial charge is 0.364 e. The lowest BCUT2D eigenvalue weighted by atomic mass is 9.83. The van der Waals surface area contributed by atoms with Crippen LogP contribution in [-0.4, -0.2) is 12.6 Å². The fourth-order valence-electron chi connectivity index (χ4n) is 11.9. The standard InChI is InChI=1S/C63H55N3OSi/c1-39(2)49-37-53-48-26-17-18-28-50(48)63(64(53)38-57(49)68(6,7)8)51-33-32-47-46-31-30-44(40-20-11-9-12-21-40)36-56(46)67-60(47)58(51)61-65(54-34-42-24-15-16-25-43(42)35-55(54)66(61)63)59-45(41-22-13-10-14-23-41)27-19-29-52(59)62(3,4)5/h9-39H,1-8H3/q+2/i39D. The molecular weight excluding hydrogens is 843 g/mol. The number of rotatable bonds is 5. The monoisotopic (exact) mass is 898 g/mol. The van der Waals surface area contributed by atoms with Crippen LogP contribution < -0.4 is 14.3 Å². The first kappa shape index (κ1) is 39.8. The van der Waals surface area contributed by atoms with E-state index in [4.69, 9.17) is 4.42 Å². The van der Waals surface area contributed by atoms with Crippen LogP contribution in [0.2, 0.25) is 19.6 Å². The molecule has 8 aromatic carbocycles. The maximum Gasteiger partial charge on any atom is 0.364 e. The van der Waals surface area contributed by atoms with E-state index < -0.39 is 19.6 Å². The van der Waals surface area contributed by atoms with Gasteiger partial charge in [-0.05, 0) is 92.9 Å². The third kappa shape index (κ3) is 5.60. The summed E-state index contributed by atoms with van der Waals surface area (Å²) in [6.45, 7) is 18.4. The first-order chi connectivity index (χ1) is 33.1. The molecule has 3 aromatic heterocycles. The van der Waals surface area contributed by atoms with Gasteiger partial charge in [0.1, 0.15) is 16.8 Å². The molecule has 0 saturated heterocycles. The number of benzene rings is 8. The number of aromatic nitrogens is 3. The Labute approximate surface area is 400 Å². The maximum atomic E-state index is 9.63. The summed E-state index contributed by atoms with van der Waals surface area (Å²) < 4.78 is 25.0. The predicted octanol–water partition coefficient (Wildman–Crippen LogP) is 14.8. The minimum atomic E-state index is -2.07. The number of furan rings is 1. The second kappa shape index (κ2) is 14.3. The van der Waals surface area contributed by atoms with Crippen molar-refractivity contribution < 1.29 is 14.9 Å². The molecule has 0 radical (unpaired) electrons. The molecule has 0 amide bonds. The van der Waals surface area contributed by atoms with E-state index >= 15 is 0 Å². The summed E-state index contributed by atoms with van der Waals surface area (Å²) in [5.74, 6) is 0.270. The molecule has 4 nitrogen and oxygen atoms in total. The lowest BCUT2D eigenvalue weighted by Gasteiger charge is -2.25. The fraction of sp³-hybridized carbons (Fsp3) is 0.175. The Kier molecular flexibility index (Phi) is 8.39. The Morgan fingerprint density at radius 3 is 2.01 bits per heavy atom. The first-order valence-electron chi connectivity index (χ1n) is 24.6. The van der Waals surface area contributed by atoms with Gasteiger partial charge in [-0.3, -0.25) is 0 Å². The van der Waals surface area contributed by atoms with E-state index in [2.05, 4.69) is 250 Å². The second-order valence-electron chi connectivity index (χ2n) is 21.4. The molecule has 1 spiro atoms. The van der Waals surface area contributed by atoms with Crippen molar-refractivity contribution in [3.05, 3.63) is 204 Å². The Morgan fingerprint density at radius 1 is 0.632 bits per heavy atom. The van der Waals surface area contributed by atoms with Crippen LogP contribution in [0, 0.1) is 0 Å². The summed E-state index contributed by atoms with van der Waals surface area (Å²) in [6, 6.07) is 64.9. The zero-order chi connectivity index (χ0) is 47.4. The van der Waals surface area contributed by atoms with Gasteiger partial charge in [-0.15, -0.1) is 9.13 Å². The summed E-state index contributed by atoms with van der Waals surface area (Å²) in [5, 5.41) is 5.85. The van der Waals surface area contributed by atoms with Crippen LogP contribution in [0.25, 0.3) is 94.3 Å². The summed E-state index contributed by atoms with van der Waals surface area (Å²) >= 11 is 0. The van der Waals surface area contributed by atoms with E-state index in [0.29, 0.717) is 0 Å². The normalized spacial score (nSPS) is 15.6. The molecule has 0 aliphatic carbocycles. The highest BCUT2D eigenvalue weighted by molar-refractivity contribution is 6.89. The number of nitrogens with zero attached hydrogens (tertiary/aromatic N) is 3. The van der Waals surface area contributed by atoms with Crippen molar-refractivity contribution in [3.63, 3.8) is 0 Å². The van der Waals surface area contributed by atoms with Gasteiger partial charge in [0.05, 0.1) is 24.8 Å². The number of imidazole rings is 1. The summed E-state index contributed by atoms with van der Waals surface area (Å²) in [7, 11) is -2.07. The fourth-order valence-corrected chi connectivity index (χ4v) is 13.5. The van der Waals surface area contributed by atoms with Crippen molar-refractivity contribution in [2.75, 3.05) is 0 Å². The molecule has 68 heavy (non-hydrogen) atoms. The number of pyridine rings is 1.